The third kappa shape index (κ3) is 5.81. The van der Waals surface area contributed by atoms with E-state index in [1.165, 1.54) is 7.11 Å². The van der Waals surface area contributed by atoms with Crippen LogP contribution in [0.1, 0.15) is 38.3 Å². The summed E-state index contributed by atoms with van der Waals surface area (Å²) in [6.07, 6.45) is 0.345. The summed E-state index contributed by atoms with van der Waals surface area (Å²) in [7, 11) is -0.563. The molecule has 3 nitrogen and oxygen atoms in total. The van der Waals surface area contributed by atoms with Crippen molar-refractivity contribution >= 4 is 37.5 Å². The standard InChI is InChI=1S/C25H32Cl2O3Si/c1-18(17-30-31(6,7)24(2,3)4)16-25(23(28)29-5,19-8-12-21(26)13-9-19)20-10-14-22(27)15-11-20/h8-15H,1,16-17H2,2-7H3. The quantitative estimate of drug-likeness (QED) is 0.225. The molecule has 0 aliphatic rings. The Labute approximate surface area is 197 Å². The number of hydrogen-bond donors (Lipinski definition) is 0. The van der Waals surface area contributed by atoms with E-state index in [0.717, 1.165) is 16.7 Å². The first-order chi connectivity index (χ1) is 14.3. The van der Waals surface area contributed by atoms with Crippen molar-refractivity contribution in [2.75, 3.05) is 13.7 Å². The molecule has 0 N–H and O–H groups in total. The van der Waals surface area contributed by atoms with Crippen LogP contribution in [0.5, 0.6) is 0 Å². The molecule has 0 atom stereocenters. The summed E-state index contributed by atoms with van der Waals surface area (Å²) in [5, 5.41) is 1.27. The molecule has 2 rings (SSSR count). The van der Waals surface area contributed by atoms with Crippen molar-refractivity contribution in [1.29, 1.82) is 0 Å². The van der Waals surface area contributed by atoms with E-state index in [9.17, 15) is 4.79 Å². The molecule has 0 spiro atoms. The summed E-state index contributed by atoms with van der Waals surface area (Å²) in [5.41, 5.74) is 1.29. The van der Waals surface area contributed by atoms with Gasteiger partial charge in [0, 0.05) is 10.0 Å². The van der Waals surface area contributed by atoms with Crippen molar-refractivity contribution < 1.29 is 14.0 Å². The second-order valence-electron chi connectivity index (χ2n) is 9.39. The van der Waals surface area contributed by atoms with Crippen LogP contribution in [0.2, 0.25) is 28.2 Å². The van der Waals surface area contributed by atoms with Gasteiger partial charge in [-0.15, -0.1) is 0 Å². The predicted octanol–water partition coefficient (Wildman–Crippen LogP) is 7.42. The second kappa shape index (κ2) is 9.91. The normalized spacial score (nSPS) is 12.5. The lowest BCUT2D eigenvalue weighted by molar-refractivity contribution is -0.145. The molecule has 0 aliphatic carbocycles. The van der Waals surface area contributed by atoms with Gasteiger partial charge in [0.15, 0.2) is 8.32 Å². The molecule has 0 fully saturated rings. The molecule has 2 aromatic carbocycles. The maximum atomic E-state index is 13.3. The average molecular weight is 480 g/mol. The summed E-state index contributed by atoms with van der Waals surface area (Å²) in [6, 6.07) is 14.5. The molecular weight excluding hydrogens is 447 g/mol. The molecule has 0 saturated carbocycles. The summed E-state index contributed by atoms with van der Waals surface area (Å²) >= 11 is 12.2. The Hall–Kier alpha value is -1.59. The molecule has 0 radical (unpaired) electrons. The predicted molar refractivity (Wildman–Crippen MR) is 133 cm³/mol. The fourth-order valence-corrected chi connectivity index (χ4v) is 4.50. The summed E-state index contributed by atoms with van der Waals surface area (Å²) in [6.45, 7) is 15.6. The molecule has 0 heterocycles. The van der Waals surface area contributed by atoms with E-state index >= 15 is 0 Å². The highest BCUT2D eigenvalue weighted by Crippen LogP contribution is 2.41. The smallest absolute Gasteiger partial charge is 0.321 e. The van der Waals surface area contributed by atoms with Crippen molar-refractivity contribution in [2.24, 2.45) is 0 Å². The van der Waals surface area contributed by atoms with Crippen molar-refractivity contribution in [3.8, 4) is 0 Å². The van der Waals surface area contributed by atoms with E-state index in [1.54, 1.807) is 24.3 Å². The number of hydrogen-bond acceptors (Lipinski definition) is 3. The zero-order chi connectivity index (χ0) is 23.4. The van der Waals surface area contributed by atoms with Crippen LogP contribution in [-0.2, 0) is 19.4 Å². The van der Waals surface area contributed by atoms with Crippen molar-refractivity contribution in [3.05, 3.63) is 81.9 Å². The highest BCUT2D eigenvalue weighted by Gasteiger charge is 2.44. The minimum absolute atomic E-state index is 0.0824. The van der Waals surface area contributed by atoms with Gasteiger partial charge in [-0.25, -0.2) is 0 Å². The van der Waals surface area contributed by atoms with Crippen LogP contribution >= 0.6 is 23.2 Å². The van der Waals surface area contributed by atoms with Crippen LogP contribution in [-0.4, -0.2) is 28.0 Å². The van der Waals surface area contributed by atoms with Gasteiger partial charge >= 0.3 is 5.97 Å². The topological polar surface area (TPSA) is 35.5 Å². The van der Waals surface area contributed by atoms with Crippen molar-refractivity contribution in [3.63, 3.8) is 0 Å². The maximum Gasteiger partial charge on any atom is 0.321 e. The van der Waals surface area contributed by atoms with E-state index in [0.29, 0.717) is 23.1 Å². The third-order valence-corrected chi connectivity index (χ3v) is 11.1. The lowest BCUT2D eigenvalue weighted by Gasteiger charge is -2.37. The summed E-state index contributed by atoms with van der Waals surface area (Å²) in [4.78, 5) is 13.3. The maximum absolute atomic E-state index is 13.3. The molecule has 0 amide bonds. The molecule has 6 heteroatoms. The Bertz CT molecular complexity index is 868. The third-order valence-electron chi connectivity index (χ3n) is 6.17. The largest absolute Gasteiger partial charge is 0.468 e. The SMILES string of the molecule is C=C(CO[Si](C)(C)C(C)(C)C)CC(C(=O)OC)(c1ccc(Cl)cc1)c1ccc(Cl)cc1. The molecule has 0 unspecified atom stereocenters. The van der Waals surface area contributed by atoms with E-state index in [1.807, 2.05) is 24.3 Å². The molecule has 0 bridgehead atoms. The lowest BCUT2D eigenvalue weighted by atomic mass is 9.70. The molecule has 0 aromatic heterocycles. The monoisotopic (exact) mass is 478 g/mol. The first-order valence-corrected chi connectivity index (χ1v) is 13.9. The second-order valence-corrected chi connectivity index (χ2v) is 15.1. The number of ether oxygens (including phenoxy) is 1. The minimum atomic E-state index is -1.96. The Balaban J connectivity index is 2.50. The number of benzene rings is 2. The molecule has 0 saturated heterocycles. The highest BCUT2D eigenvalue weighted by molar-refractivity contribution is 6.74. The molecule has 0 aliphatic heterocycles. The minimum Gasteiger partial charge on any atom is -0.468 e. The average Bonchev–Trinajstić information content (AvgIpc) is 2.70. The Morgan fingerprint density at radius 1 is 0.935 bits per heavy atom. The van der Waals surface area contributed by atoms with E-state index in [-0.39, 0.29) is 11.0 Å². The van der Waals surface area contributed by atoms with Crippen molar-refractivity contribution in [1.82, 2.24) is 0 Å². The van der Waals surface area contributed by atoms with Crippen LogP contribution in [0.25, 0.3) is 0 Å². The van der Waals surface area contributed by atoms with E-state index in [4.69, 9.17) is 32.4 Å². The number of carbonyl (C=O) groups is 1. The zero-order valence-corrected chi connectivity index (χ0v) is 21.7. The fraction of sp³-hybridized carbons (Fsp3) is 0.400. The van der Waals surface area contributed by atoms with Gasteiger partial charge in [-0.05, 0) is 59.9 Å². The van der Waals surface area contributed by atoms with Crippen LogP contribution in [0.3, 0.4) is 0 Å². The van der Waals surface area contributed by atoms with Crippen LogP contribution in [0.4, 0.5) is 0 Å². The van der Waals surface area contributed by atoms with Gasteiger partial charge in [0.1, 0.15) is 5.41 Å². The van der Waals surface area contributed by atoms with Gasteiger partial charge < -0.3 is 9.16 Å². The van der Waals surface area contributed by atoms with Crippen molar-refractivity contribution in [2.45, 2.75) is 50.7 Å². The summed E-state index contributed by atoms with van der Waals surface area (Å²) in [5.74, 6) is -0.370. The first kappa shape index (κ1) is 25.7. The van der Waals surface area contributed by atoms with Gasteiger partial charge in [0.05, 0.1) is 13.7 Å². The Kier molecular flexibility index (Phi) is 8.20. The number of carbonyl (C=O) groups excluding carboxylic acids is 1. The van der Waals surface area contributed by atoms with Crippen LogP contribution < -0.4 is 0 Å². The molecule has 31 heavy (non-hydrogen) atoms. The molecule has 168 valence electrons. The Morgan fingerprint density at radius 3 is 1.71 bits per heavy atom. The fourth-order valence-electron chi connectivity index (χ4n) is 3.25. The molecule has 2 aromatic rings. The Morgan fingerprint density at radius 2 is 1.35 bits per heavy atom. The van der Waals surface area contributed by atoms with E-state index < -0.39 is 13.7 Å². The number of methoxy groups -OCH3 is 1. The number of esters is 1. The van der Waals surface area contributed by atoms with Crippen LogP contribution in [0, 0.1) is 0 Å². The van der Waals surface area contributed by atoms with Gasteiger partial charge in [0.2, 0.25) is 0 Å². The number of rotatable bonds is 8. The van der Waals surface area contributed by atoms with Gasteiger partial charge in [-0.3, -0.25) is 4.79 Å². The van der Waals surface area contributed by atoms with Gasteiger partial charge in [-0.2, -0.15) is 0 Å². The van der Waals surface area contributed by atoms with Crippen LogP contribution in [0.15, 0.2) is 60.7 Å². The zero-order valence-electron chi connectivity index (χ0n) is 19.2. The highest BCUT2D eigenvalue weighted by atomic mass is 35.5. The number of halogens is 2. The van der Waals surface area contributed by atoms with Gasteiger partial charge in [-0.1, -0.05) is 80.4 Å². The van der Waals surface area contributed by atoms with E-state index in [2.05, 4.69) is 40.4 Å². The van der Waals surface area contributed by atoms with Gasteiger partial charge in [0.25, 0.3) is 0 Å². The first-order valence-electron chi connectivity index (χ1n) is 10.2. The lowest BCUT2D eigenvalue weighted by Crippen LogP contribution is -2.42. The molecular formula is C25H32Cl2O3Si. The summed E-state index contributed by atoms with van der Waals surface area (Å²) < 4.78 is 11.7.